The largest absolute Gasteiger partial charge is 0.481 e. The maximum atomic E-state index is 14.0. The second kappa shape index (κ2) is 10.3. The number of aromatic nitrogens is 5. The van der Waals surface area contributed by atoms with Gasteiger partial charge in [0.05, 0.1) is 12.0 Å². The average molecular weight is 627 g/mol. The van der Waals surface area contributed by atoms with E-state index in [1.165, 1.54) is 14.9 Å². The molecule has 14 heteroatoms. The number of pyridine rings is 3. The van der Waals surface area contributed by atoms with Crippen molar-refractivity contribution in [1.29, 1.82) is 0 Å². The zero-order chi connectivity index (χ0) is 31.8. The summed E-state index contributed by atoms with van der Waals surface area (Å²) in [6, 6.07) is 4.89. The molecular formula is C30H32F2N6O5S. The van der Waals surface area contributed by atoms with E-state index in [0.29, 0.717) is 40.8 Å². The normalized spacial score (nSPS) is 18.2. The van der Waals surface area contributed by atoms with E-state index in [-0.39, 0.29) is 29.5 Å². The smallest absolute Gasteiger partial charge is 0.310 e. The number of halogens is 2. The summed E-state index contributed by atoms with van der Waals surface area (Å²) < 4.78 is 63.7. The number of sulfonamides is 1. The van der Waals surface area contributed by atoms with E-state index in [2.05, 4.69) is 20.2 Å². The number of fused-ring (bicyclic) bond motifs is 2. The third kappa shape index (κ3) is 4.89. The molecule has 1 spiro atoms. The predicted octanol–water partition coefficient (Wildman–Crippen LogP) is 4.74. The Labute approximate surface area is 253 Å². The fraction of sp³-hybridized carbons (Fsp3) is 0.433. The van der Waals surface area contributed by atoms with Gasteiger partial charge in [0.15, 0.2) is 5.65 Å². The predicted molar refractivity (Wildman–Crippen MR) is 154 cm³/mol. The minimum atomic E-state index is -4.00. The van der Waals surface area contributed by atoms with Gasteiger partial charge in [-0.3, -0.25) is 14.2 Å². The Morgan fingerprint density at radius 1 is 1.14 bits per heavy atom. The molecule has 1 atom stereocenters. The average Bonchev–Trinajstić information content (AvgIpc) is 3.57. The molecule has 0 radical (unpaired) electrons. The molecule has 4 aromatic heterocycles. The summed E-state index contributed by atoms with van der Waals surface area (Å²) in [6.45, 7) is 8.54. The summed E-state index contributed by atoms with van der Waals surface area (Å²) in [5.41, 5.74) is 1.58. The lowest BCUT2D eigenvalue weighted by molar-refractivity contribution is -0.147. The molecule has 11 nitrogen and oxygen atoms in total. The van der Waals surface area contributed by atoms with E-state index < -0.39 is 45.2 Å². The number of aryl methyl sites for hydroxylation is 3. The molecule has 6 rings (SSSR count). The van der Waals surface area contributed by atoms with Gasteiger partial charge < -0.3 is 9.84 Å². The lowest BCUT2D eigenvalue weighted by Crippen LogP contribution is -2.38. The number of carbonyl (C=O) groups is 1. The van der Waals surface area contributed by atoms with Crippen molar-refractivity contribution in [3.05, 3.63) is 76.1 Å². The second-order valence-electron chi connectivity index (χ2n) is 12.3. The Hall–Kier alpha value is -4.04. The van der Waals surface area contributed by atoms with Crippen LogP contribution in [0.5, 0.6) is 5.88 Å². The van der Waals surface area contributed by atoms with Crippen LogP contribution in [0.25, 0.3) is 5.65 Å². The minimum Gasteiger partial charge on any atom is -0.481 e. The Balaban J connectivity index is 1.45. The molecule has 1 saturated carbocycles. The third-order valence-electron chi connectivity index (χ3n) is 8.71. The molecule has 4 aromatic rings. The van der Waals surface area contributed by atoms with E-state index in [9.17, 15) is 27.1 Å². The molecule has 1 aliphatic heterocycles. The summed E-state index contributed by atoms with van der Waals surface area (Å²) in [4.78, 5) is 21.5. The standard InChI is InChI=1S/C30H32F2N6O5S/c1-16-10-22-27(34-12-16)43-30(7-8-30)15-37(44(22,41)42)14-19-11-21(33-13-17(19)2)23(29(4,5)28(39)40)20-6-9-38-25(18(20)3)35-36-26(38)24(31)32/h6,9-13,23-24H,7-8,14-15H2,1-5H3,(H,39,40)/t23-/m0/s1. The number of alkyl halides is 2. The first-order chi connectivity index (χ1) is 20.6. The van der Waals surface area contributed by atoms with E-state index in [0.717, 1.165) is 5.56 Å². The number of nitrogens with zero attached hydrogens (tertiary/aromatic N) is 6. The lowest BCUT2D eigenvalue weighted by Gasteiger charge is -2.32. The highest BCUT2D eigenvalue weighted by molar-refractivity contribution is 7.89. The van der Waals surface area contributed by atoms with Crippen LogP contribution in [-0.4, -0.2) is 60.5 Å². The van der Waals surface area contributed by atoms with Crippen LogP contribution in [0.3, 0.4) is 0 Å². The van der Waals surface area contributed by atoms with Gasteiger partial charge in [-0.25, -0.2) is 22.2 Å². The van der Waals surface area contributed by atoms with Crippen molar-refractivity contribution >= 4 is 21.6 Å². The first-order valence-electron chi connectivity index (χ1n) is 14.1. The monoisotopic (exact) mass is 626 g/mol. The van der Waals surface area contributed by atoms with Gasteiger partial charge in [0.2, 0.25) is 21.7 Å². The Morgan fingerprint density at radius 2 is 1.86 bits per heavy atom. The van der Waals surface area contributed by atoms with Crippen LogP contribution in [0.2, 0.25) is 0 Å². The zero-order valence-electron chi connectivity index (χ0n) is 24.9. The molecule has 1 fully saturated rings. The summed E-state index contributed by atoms with van der Waals surface area (Å²) in [6.07, 6.45) is 3.14. The van der Waals surface area contributed by atoms with Gasteiger partial charge >= 0.3 is 5.97 Å². The number of hydrogen-bond donors (Lipinski definition) is 1. The molecule has 1 aliphatic carbocycles. The molecule has 0 bridgehead atoms. The Bertz CT molecular complexity index is 1920. The molecule has 5 heterocycles. The number of carboxylic acid groups (broad SMARTS) is 1. The van der Waals surface area contributed by atoms with Crippen molar-refractivity contribution in [2.45, 2.75) is 76.8 Å². The quantitative estimate of drug-likeness (QED) is 0.308. The molecule has 232 valence electrons. The van der Waals surface area contributed by atoms with Crippen LogP contribution in [0, 0.1) is 26.2 Å². The highest BCUT2D eigenvalue weighted by Gasteiger charge is 2.52. The number of ether oxygens (including phenoxy) is 1. The fourth-order valence-electron chi connectivity index (χ4n) is 5.83. The van der Waals surface area contributed by atoms with Gasteiger partial charge in [0.1, 0.15) is 10.5 Å². The van der Waals surface area contributed by atoms with Crippen molar-refractivity contribution < 1.29 is 31.8 Å². The molecule has 1 N–H and O–H groups in total. The van der Waals surface area contributed by atoms with Gasteiger partial charge in [-0.05, 0) is 93.5 Å². The molecule has 0 aromatic carbocycles. The molecular weight excluding hydrogens is 594 g/mol. The summed E-state index contributed by atoms with van der Waals surface area (Å²) in [5, 5.41) is 17.9. The van der Waals surface area contributed by atoms with E-state index >= 15 is 0 Å². The van der Waals surface area contributed by atoms with Crippen LogP contribution >= 0.6 is 0 Å². The Morgan fingerprint density at radius 3 is 2.52 bits per heavy atom. The third-order valence-corrected chi connectivity index (χ3v) is 10.5. The second-order valence-corrected chi connectivity index (χ2v) is 14.2. The van der Waals surface area contributed by atoms with Crippen LogP contribution in [0.15, 0.2) is 41.7 Å². The van der Waals surface area contributed by atoms with Crippen molar-refractivity contribution in [3.8, 4) is 5.88 Å². The minimum absolute atomic E-state index is 0.00232. The SMILES string of the molecule is Cc1cnc2c(c1)S(=O)(=O)N(Cc1cc([C@H](c3ccn4c(C(F)F)nnc4c3C)C(C)(C)C(=O)O)ncc1C)CC1(CC1)O2. The molecule has 0 saturated heterocycles. The Kier molecular flexibility index (Phi) is 7.00. The maximum absolute atomic E-state index is 14.0. The molecule has 0 unspecified atom stereocenters. The van der Waals surface area contributed by atoms with Crippen LogP contribution in [-0.2, 0) is 21.4 Å². The number of rotatable bonds is 7. The van der Waals surface area contributed by atoms with Crippen molar-refractivity contribution in [2.75, 3.05) is 6.54 Å². The topological polar surface area (TPSA) is 140 Å². The van der Waals surface area contributed by atoms with E-state index in [4.69, 9.17) is 4.74 Å². The van der Waals surface area contributed by atoms with E-state index in [1.54, 1.807) is 58.3 Å². The van der Waals surface area contributed by atoms with Gasteiger partial charge in [0.25, 0.3) is 6.43 Å². The van der Waals surface area contributed by atoms with Crippen molar-refractivity contribution in [3.63, 3.8) is 0 Å². The van der Waals surface area contributed by atoms with Crippen LogP contribution < -0.4 is 4.74 Å². The summed E-state index contributed by atoms with van der Waals surface area (Å²) >= 11 is 0. The molecule has 2 aliphatic rings. The van der Waals surface area contributed by atoms with Gasteiger partial charge in [-0.1, -0.05) is 0 Å². The van der Waals surface area contributed by atoms with Gasteiger partial charge in [-0.15, -0.1) is 10.2 Å². The number of hydrogen-bond acceptors (Lipinski definition) is 8. The fourth-order valence-corrected chi connectivity index (χ4v) is 7.48. The van der Waals surface area contributed by atoms with Crippen molar-refractivity contribution in [1.82, 2.24) is 28.9 Å². The highest BCUT2D eigenvalue weighted by Crippen LogP contribution is 2.47. The number of aliphatic carboxylic acids is 1. The first kappa shape index (κ1) is 30.0. The highest BCUT2D eigenvalue weighted by atomic mass is 32.2. The molecule has 44 heavy (non-hydrogen) atoms. The summed E-state index contributed by atoms with van der Waals surface area (Å²) in [5.74, 6) is -2.35. The summed E-state index contributed by atoms with van der Waals surface area (Å²) in [7, 11) is -4.00. The molecule has 0 amide bonds. The van der Waals surface area contributed by atoms with Crippen molar-refractivity contribution in [2.24, 2.45) is 5.41 Å². The van der Waals surface area contributed by atoms with E-state index in [1.807, 2.05) is 6.92 Å². The van der Waals surface area contributed by atoms with Crippen LogP contribution in [0.4, 0.5) is 8.78 Å². The van der Waals surface area contributed by atoms with Gasteiger partial charge in [-0.2, -0.15) is 4.31 Å². The lowest BCUT2D eigenvalue weighted by atomic mass is 9.71. The maximum Gasteiger partial charge on any atom is 0.310 e. The first-order valence-corrected chi connectivity index (χ1v) is 15.6. The van der Waals surface area contributed by atoms with Crippen LogP contribution in [0.1, 0.15) is 78.4 Å². The zero-order valence-corrected chi connectivity index (χ0v) is 25.7. The number of carboxylic acids is 1. The van der Waals surface area contributed by atoms with Gasteiger partial charge in [0, 0.05) is 36.7 Å².